The van der Waals surface area contributed by atoms with Gasteiger partial charge in [-0.05, 0) is 13.8 Å². The van der Waals surface area contributed by atoms with Crippen molar-refractivity contribution in [2.24, 2.45) is 0 Å². The number of carbonyl (C=O) groups is 2. The first-order valence-electron chi connectivity index (χ1n) is 4.05. The van der Waals surface area contributed by atoms with Crippen LogP contribution >= 0.6 is 25.3 Å². The summed E-state index contributed by atoms with van der Waals surface area (Å²) in [6.45, 7) is 2.75. The fraction of sp³-hybridized carbons (Fsp3) is 0.500. The van der Waals surface area contributed by atoms with Gasteiger partial charge in [0.1, 0.15) is 9.49 Å². The maximum absolute atomic E-state index is 10.8. The third kappa shape index (κ3) is 1.93. The zero-order valence-corrected chi connectivity index (χ0v) is 9.89. The Kier molecular flexibility index (Phi) is 2.73. The van der Waals surface area contributed by atoms with Gasteiger partial charge in [-0.1, -0.05) is 0 Å². The first-order chi connectivity index (χ1) is 6.61. The van der Waals surface area contributed by atoms with Crippen LogP contribution in [0.5, 0.6) is 0 Å². The van der Waals surface area contributed by atoms with Gasteiger partial charge in [-0.15, -0.1) is 0 Å². The third-order valence-corrected chi connectivity index (χ3v) is 3.07. The summed E-state index contributed by atoms with van der Waals surface area (Å²) in [4.78, 5) is 21.6. The molecule has 0 amide bonds. The molecule has 1 rings (SSSR count). The van der Waals surface area contributed by atoms with Gasteiger partial charge in [0.05, 0.1) is 11.4 Å². The summed E-state index contributed by atoms with van der Waals surface area (Å²) in [7, 11) is 0. The molecule has 0 aromatic heterocycles. The van der Waals surface area contributed by atoms with E-state index in [0.717, 1.165) is 0 Å². The molecule has 1 aliphatic rings. The fourth-order valence-corrected chi connectivity index (χ4v) is 1.37. The minimum absolute atomic E-state index is 0.290. The van der Waals surface area contributed by atoms with Crippen molar-refractivity contribution >= 4 is 37.2 Å². The second-order valence-corrected chi connectivity index (χ2v) is 5.42. The van der Waals surface area contributed by atoms with Crippen molar-refractivity contribution in [3.63, 3.8) is 0 Å². The Hall–Kier alpha value is -0.820. The molecular weight excluding hydrogens is 238 g/mol. The smallest absolute Gasteiger partial charge is 0.325 e. The van der Waals surface area contributed by atoms with E-state index >= 15 is 0 Å². The summed E-state index contributed by atoms with van der Waals surface area (Å²) in [5, 5.41) is 20.3. The van der Waals surface area contributed by atoms with Crippen LogP contribution in [0.1, 0.15) is 13.8 Å². The molecule has 0 aliphatic carbocycles. The molecule has 2 unspecified atom stereocenters. The lowest BCUT2D eigenvalue weighted by Gasteiger charge is -2.13. The SMILES string of the molecule is CC(S)(C(=O)O)C1=C(C(C)(S)C(=O)O)N1. The highest BCUT2D eigenvalue weighted by Gasteiger charge is 2.51. The molecule has 0 radical (unpaired) electrons. The van der Waals surface area contributed by atoms with Gasteiger partial charge in [0.15, 0.2) is 0 Å². The van der Waals surface area contributed by atoms with Crippen LogP contribution in [-0.4, -0.2) is 31.6 Å². The maximum atomic E-state index is 10.8. The Labute approximate surface area is 97.4 Å². The summed E-state index contributed by atoms with van der Waals surface area (Å²) >= 11 is 7.90. The lowest BCUT2D eigenvalue weighted by atomic mass is 10.1. The molecule has 0 spiro atoms. The minimum atomic E-state index is -1.41. The van der Waals surface area contributed by atoms with Crippen molar-refractivity contribution in [3.8, 4) is 0 Å². The van der Waals surface area contributed by atoms with Gasteiger partial charge >= 0.3 is 11.9 Å². The molecule has 2 atom stereocenters. The summed E-state index contributed by atoms with van der Waals surface area (Å²) in [5.74, 6) is -2.28. The maximum Gasteiger partial charge on any atom is 0.325 e. The average molecular weight is 249 g/mol. The third-order valence-electron chi connectivity index (χ3n) is 2.24. The number of nitrogens with one attached hydrogen (secondary N) is 1. The lowest BCUT2D eigenvalue weighted by Crippen LogP contribution is -2.30. The topological polar surface area (TPSA) is 96.5 Å². The van der Waals surface area contributed by atoms with Crippen LogP contribution in [0.25, 0.3) is 0 Å². The molecule has 5 nitrogen and oxygen atoms in total. The Morgan fingerprint density at radius 3 is 1.53 bits per heavy atom. The fourth-order valence-electron chi connectivity index (χ4n) is 1.04. The van der Waals surface area contributed by atoms with Gasteiger partial charge < -0.3 is 15.5 Å². The molecule has 0 saturated heterocycles. The number of aliphatic carboxylic acids is 2. The monoisotopic (exact) mass is 249 g/mol. The first kappa shape index (κ1) is 12.3. The van der Waals surface area contributed by atoms with E-state index in [1.54, 1.807) is 0 Å². The minimum Gasteiger partial charge on any atom is -0.480 e. The number of hydrogen-bond acceptors (Lipinski definition) is 5. The number of carboxylic acids is 2. The standard InChI is InChI=1S/C8H11NO4S2/c1-7(14,5(10)11)3-4(9-3)8(2,15)6(12)13/h9,14-15H,1-2H3,(H,10,11)(H,12,13). The summed E-state index contributed by atoms with van der Waals surface area (Å²) < 4.78 is -2.82. The Morgan fingerprint density at radius 2 is 1.33 bits per heavy atom. The normalized spacial score (nSPS) is 22.4. The van der Waals surface area contributed by atoms with Crippen molar-refractivity contribution < 1.29 is 19.8 Å². The number of thiol groups is 2. The molecule has 0 fully saturated rings. The first-order valence-corrected chi connectivity index (χ1v) is 4.95. The number of carboxylic acid groups (broad SMARTS) is 2. The molecule has 0 aromatic rings. The highest BCUT2D eigenvalue weighted by atomic mass is 32.1. The second kappa shape index (κ2) is 3.34. The van der Waals surface area contributed by atoms with E-state index in [4.69, 9.17) is 10.2 Å². The van der Waals surface area contributed by atoms with Crippen molar-refractivity contribution in [2.75, 3.05) is 0 Å². The van der Waals surface area contributed by atoms with Crippen LogP contribution in [-0.2, 0) is 9.59 Å². The summed E-state index contributed by atoms with van der Waals surface area (Å²) in [6, 6.07) is 0. The zero-order valence-electron chi connectivity index (χ0n) is 8.11. The molecule has 15 heavy (non-hydrogen) atoms. The molecule has 1 heterocycles. The van der Waals surface area contributed by atoms with Crippen LogP contribution in [0.4, 0.5) is 0 Å². The predicted octanol–water partition coefficient (Wildman–Crippen LogP) is 0.347. The summed E-state index contributed by atoms with van der Waals surface area (Å²) in [5.41, 5.74) is 0.580. The Morgan fingerprint density at radius 1 is 1.07 bits per heavy atom. The molecule has 3 N–H and O–H groups in total. The van der Waals surface area contributed by atoms with E-state index in [2.05, 4.69) is 30.6 Å². The van der Waals surface area contributed by atoms with E-state index in [1.807, 2.05) is 0 Å². The van der Waals surface area contributed by atoms with Gasteiger partial charge in [-0.3, -0.25) is 9.59 Å². The van der Waals surface area contributed by atoms with Crippen LogP contribution in [0.15, 0.2) is 11.4 Å². The number of hydrogen-bond donors (Lipinski definition) is 5. The van der Waals surface area contributed by atoms with Gasteiger partial charge in [0.2, 0.25) is 0 Å². The molecule has 7 heteroatoms. The van der Waals surface area contributed by atoms with E-state index in [1.165, 1.54) is 13.8 Å². The molecule has 1 aliphatic heterocycles. The van der Waals surface area contributed by atoms with Crippen molar-refractivity contribution in [1.82, 2.24) is 5.32 Å². The quantitative estimate of drug-likeness (QED) is 0.463. The largest absolute Gasteiger partial charge is 0.480 e. The van der Waals surface area contributed by atoms with Crippen LogP contribution in [0.2, 0.25) is 0 Å². The van der Waals surface area contributed by atoms with E-state index in [9.17, 15) is 9.59 Å². The molecular formula is C8H11NO4S2. The highest BCUT2D eigenvalue weighted by molar-refractivity contribution is 7.83. The highest BCUT2D eigenvalue weighted by Crippen LogP contribution is 2.41. The van der Waals surface area contributed by atoms with Crippen LogP contribution in [0, 0.1) is 0 Å². The molecule has 0 saturated carbocycles. The Bertz CT molecular complexity index is 339. The van der Waals surface area contributed by atoms with Crippen LogP contribution < -0.4 is 5.32 Å². The van der Waals surface area contributed by atoms with E-state index in [-0.39, 0.29) is 0 Å². The van der Waals surface area contributed by atoms with Crippen LogP contribution in [0.3, 0.4) is 0 Å². The second-order valence-electron chi connectivity index (χ2n) is 3.63. The molecule has 0 bridgehead atoms. The summed E-state index contributed by atoms with van der Waals surface area (Å²) in [6.07, 6.45) is 0. The molecule has 84 valence electrons. The Balaban J connectivity index is 3.02. The number of rotatable bonds is 4. The average Bonchev–Trinajstić information content (AvgIpc) is 2.82. The van der Waals surface area contributed by atoms with Crippen molar-refractivity contribution in [2.45, 2.75) is 23.3 Å². The van der Waals surface area contributed by atoms with E-state index < -0.39 is 21.4 Å². The molecule has 0 aromatic carbocycles. The van der Waals surface area contributed by atoms with Gasteiger partial charge in [0, 0.05) is 0 Å². The van der Waals surface area contributed by atoms with Gasteiger partial charge in [-0.2, -0.15) is 25.3 Å². The predicted molar refractivity (Wildman–Crippen MR) is 60.2 cm³/mol. The van der Waals surface area contributed by atoms with Gasteiger partial charge in [-0.25, -0.2) is 0 Å². The van der Waals surface area contributed by atoms with E-state index in [0.29, 0.717) is 11.4 Å². The lowest BCUT2D eigenvalue weighted by molar-refractivity contribution is -0.139. The zero-order chi connectivity index (χ0) is 12.0. The van der Waals surface area contributed by atoms with Gasteiger partial charge in [0.25, 0.3) is 0 Å². The van der Waals surface area contributed by atoms with Crippen molar-refractivity contribution in [1.29, 1.82) is 0 Å². The van der Waals surface area contributed by atoms with Crippen molar-refractivity contribution in [3.05, 3.63) is 11.4 Å².